The molecule has 2 unspecified atom stereocenters. The van der Waals surface area contributed by atoms with Gasteiger partial charge < -0.3 is 64.6 Å². The van der Waals surface area contributed by atoms with Gasteiger partial charge in [-0.2, -0.15) is 0 Å². The molecule has 1 aliphatic rings. The minimum Gasteiger partial charge on any atom is -0.508 e. The Hall–Kier alpha value is -5.48. The average Bonchev–Trinajstić information content (AvgIpc) is 2.99. The van der Waals surface area contributed by atoms with Crippen molar-refractivity contribution in [3.63, 3.8) is 0 Å². The van der Waals surface area contributed by atoms with E-state index in [-0.39, 0.29) is 16.9 Å². The highest BCUT2D eigenvalue weighted by atomic mass is 16.7. The second-order valence-electron chi connectivity index (χ2n) is 9.98. The first-order valence-electron chi connectivity index (χ1n) is 13.1. The molecule has 0 bridgehead atoms. The van der Waals surface area contributed by atoms with Crippen molar-refractivity contribution < 1.29 is 69.4 Å². The standard InChI is InChI=1S/C30H26O15/c31-14-4-1-12(2-5-14)3-6-21(36)42-11-20-24(38)26(40)27(41)30(44-20)45-29-25(39)22-16(33)9-15(32)10-19(22)43-28(29)13-7-17(34)23(37)18(35)8-13/h1-10,20,24,26-27,30-35,37-38,40-41H,11H2/b6-3+/t20?,24-,26+,27?,30+/m1/s1. The number of ether oxygens (including phenoxy) is 3. The number of aliphatic hydroxyl groups is 3. The molecule has 45 heavy (non-hydrogen) atoms. The highest BCUT2D eigenvalue weighted by Gasteiger charge is 2.46. The number of carbonyl (C=O) groups excluding carboxylic acids is 1. The maximum atomic E-state index is 13.6. The lowest BCUT2D eigenvalue weighted by Crippen LogP contribution is -2.60. The van der Waals surface area contributed by atoms with E-state index in [1.807, 2.05) is 0 Å². The highest BCUT2D eigenvalue weighted by molar-refractivity contribution is 5.89. The second kappa shape index (κ2) is 12.3. The summed E-state index contributed by atoms with van der Waals surface area (Å²) in [4.78, 5) is 25.8. The fourth-order valence-corrected chi connectivity index (χ4v) is 4.53. The molecule has 5 atom stereocenters. The zero-order valence-corrected chi connectivity index (χ0v) is 22.8. The molecular formula is C30H26O15. The van der Waals surface area contributed by atoms with Crippen molar-refractivity contribution in [3.05, 3.63) is 70.4 Å². The first-order chi connectivity index (χ1) is 21.3. The van der Waals surface area contributed by atoms with Crippen LogP contribution in [0, 0.1) is 0 Å². The van der Waals surface area contributed by atoms with Gasteiger partial charge in [0.2, 0.25) is 17.5 Å². The molecule has 0 radical (unpaired) electrons. The number of carbonyl (C=O) groups is 1. The smallest absolute Gasteiger partial charge is 0.330 e. The third-order valence-corrected chi connectivity index (χ3v) is 6.85. The molecule has 15 nitrogen and oxygen atoms in total. The molecule has 4 aromatic rings. The Kier molecular flexibility index (Phi) is 8.43. The predicted molar refractivity (Wildman–Crippen MR) is 152 cm³/mol. The molecule has 0 spiro atoms. The summed E-state index contributed by atoms with van der Waals surface area (Å²) in [6.45, 7) is -0.650. The van der Waals surface area contributed by atoms with E-state index in [9.17, 15) is 55.5 Å². The normalized spacial score (nSPS) is 21.6. The summed E-state index contributed by atoms with van der Waals surface area (Å²) >= 11 is 0. The lowest BCUT2D eigenvalue weighted by Gasteiger charge is -2.39. The van der Waals surface area contributed by atoms with E-state index >= 15 is 0 Å². The largest absolute Gasteiger partial charge is 0.508 e. The predicted octanol–water partition coefficient (Wildman–Crippen LogP) is 1.14. The van der Waals surface area contributed by atoms with E-state index in [4.69, 9.17) is 18.6 Å². The summed E-state index contributed by atoms with van der Waals surface area (Å²) < 4.78 is 22.0. The molecule has 1 saturated heterocycles. The first kappa shape index (κ1) is 31.0. The number of hydrogen-bond acceptors (Lipinski definition) is 15. The van der Waals surface area contributed by atoms with Crippen molar-refractivity contribution in [2.45, 2.75) is 30.7 Å². The van der Waals surface area contributed by atoms with Crippen molar-refractivity contribution in [1.82, 2.24) is 0 Å². The Bertz CT molecular complexity index is 1810. The maximum Gasteiger partial charge on any atom is 0.330 e. The van der Waals surface area contributed by atoms with Crippen LogP contribution in [0.3, 0.4) is 0 Å². The molecule has 15 heteroatoms. The molecule has 0 amide bonds. The SMILES string of the molecule is O=C(/C=C/c1ccc(O)cc1)OCC1O[C@@H](Oc2c(-c3cc(O)c(O)c(O)c3)oc3cc(O)cc(O)c3c2=O)C(O)[C@@H](O)[C@@H]1O. The van der Waals surface area contributed by atoms with Crippen LogP contribution in [0.25, 0.3) is 28.4 Å². The Balaban J connectivity index is 1.45. The number of rotatable bonds is 7. The molecule has 9 N–H and O–H groups in total. The summed E-state index contributed by atoms with van der Waals surface area (Å²) in [5.41, 5.74) is -1.14. The Morgan fingerprint density at radius 3 is 2.16 bits per heavy atom. The first-order valence-corrected chi connectivity index (χ1v) is 13.1. The molecule has 1 aromatic heterocycles. The van der Waals surface area contributed by atoms with Crippen LogP contribution in [-0.4, -0.2) is 89.2 Å². The number of aliphatic hydroxyl groups excluding tert-OH is 3. The van der Waals surface area contributed by atoms with Crippen LogP contribution >= 0.6 is 0 Å². The topological polar surface area (TPSA) is 257 Å². The fraction of sp³-hybridized carbons (Fsp3) is 0.200. The van der Waals surface area contributed by atoms with E-state index in [2.05, 4.69) is 0 Å². The summed E-state index contributed by atoms with van der Waals surface area (Å²) in [5, 5.41) is 90.7. The quantitative estimate of drug-likeness (QED) is 0.0791. The number of phenolic OH excluding ortho intramolecular Hbond substituents is 6. The van der Waals surface area contributed by atoms with Crippen molar-refractivity contribution in [3.8, 4) is 51.6 Å². The van der Waals surface area contributed by atoms with Crippen LogP contribution in [0.15, 0.2) is 63.8 Å². The zero-order chi connectivity index (χ0) is 32.6. The molecule has 3 aromatic carbocycles. The third-order valence-electron chi connectivity index (χ3n) is 6.85. The van der Waals surface area contributed by atoms with Gasteiger partial charge in [-0.1, -0.05) is 12.1 Å². The molecule has 2 heterocycles. The highest BCUT2D eigenvalue weighted by Crippen LogP contribution is 2.43. The summed E-state index contributed by atoms with van der Waals surface area (Å²) in [6.07, 6.45) is -6.72. The van der Waals surface area contributed by atoms with Crippen LogP contribution in [0.1, 0.15) is 5.56 Å². The summed E-state index contributed by atoms with van der Waals surface area (Å²) in [5.74, 6) is -5.93. The van der Waals surface area contributed by atoms with Crippen LogP contribution < -0.4 is 10.2 Å². The van der Waals surface area contributed by atoms with E-state index in [1.54, 1.807) is 0 Å². The summed E-state index contributed by atoms with van der Waals surface area (Å²) in [6, 6.07) is 9.48. The third kappa shape index (κ3) is 6.27. The van der Waals surface area contributed by atoms with Gasteiger partial charge in [-0.3, -0.25) is 4.79 Å². The van der Waals surface area contributed by atoms with Crippen LogP contribution in [-0.2, 0) is 14.3 Å². The second-order valence-corrected chi connectivity index (χ2v) is 9.98. The van der Waals surface area contributed by atoms with Crippen molar-refractivity contribution >= 4 is 23.0 Å². The zero-order valence-electron chi connectivity index (χ0n) is 22.8. The van der Waals surface area contributed by atoms with E-state index in [0.29, 0.717) is 5.56 Å². The lowest BCUT2D eigenvalue weighted by molar-refractivity contribution is -0.278. The van der Waals surface area contributed by atoms with Crippen molar-refractivity contribution in [2.75, 3.05) is 6.61 Å². The maximum absolute atomic E-state index is 13.6. The average molecular weight is 627 g/mol. The van der Waals surface area contributed by atoms with Crippen LogP contribution in [0.4, 0.5) is 0 Å². The van der Waals surface area contributed by atoms with Gasteiger partial charge >= 0.3 is 5.97 Å². The fourth-order valence-electron chi connectivity index (χ4n) is 4.53. The molecule has 0 saturated carbocycles. The molecule has 1 fully saturated rings. The van der Waals surface area contributed by atoms with Crippen LogP contribution in [0.2, 0.25) is 0 Å². The van der Waals surface area contributed by atoms with Crippen molar-refractivity contribution in [2.24, 2.45) is 0 Å². The number of fused-ring (bicyclic) bond motifs is 1. The van der Waals surface area contributed by atoms with Gasteiger partial charge in [-0.25, -0.2) is 4.79 Å². The van der Waals surface area contributed by atoms with Gasteiger partial charge in [-0.15, -0.1) is 0 Å². The number of hydrogen-bond donors (Lipinski definition) is 9. The van der Waals surface area contributed by atoms with E-state index < -0.39 is 94.4 Å². The number of benzene rings is 3. The van der Waals surface area contributed by atoms with Gasteiger partial charge in [-0.05, 0) is 35.9 Å². The number of esters is 1. The van der Waals surface area contributed by atoms with Crippen molar-refractivity contribution in [1.29, 1.82) is 0 Å². The molecule has 236 valence electrons. The molecular weight excluding hydrogens is 600 g/mol. The van der Waals surface area contributed by atoms with Crippen LogP contribution in [0.5, 0.6) is 40.2 Å². The Morgan fingerprint density at radius 1 is 0.822 bits per heavy atom. The van der Waals surface area contributed by atoms with E-state index in [1.165, 1.54) is 30.3 Å². The van der Waals surface area contributed by atoms with E-state index in [0.717, 1.165) is 30.3 Å². The minimum atomic E-state index is -2.00. The van der Waals surface area contributed by atoms with Gasteiger partial charge in [0.1, 0.15) is 59.2 Å². The monoisotopic (exact) mass is 626 g/mol. The van der Waals surface area contributed by atoms with Gasteiger partial charge in [0.15, 0.2) is 23.0 Å². The number of phenols is 6. The molecule has 5 rings (SSSR count). The van der Waals surface area contributed by atoms with Gasteiger partial charge in [0.25, 0.3) is 0 Å². The summed E-state index contributed by atoms with van der Waals surface area (Å²) in [7, 11) is 0. The lowest BCUT2D eigenvalue weighted by atomic mass is 9.99. The Labute approximate surface area is 251 Å². The number of aromatic hydroxyl groups is 6. The van der Waals surface area contributed by atoms with Gasteiger partial charge in [0, 0.05) is 23.8 Å². The minimum absolute atomic E-state index is 0.0275. The molecule has 1 aliphatic heterocycles. The molecule has 0 aliphatic carbocycles. The Morgan fingerprint density at radius 2 is 1.49 bits per heavy atom. The van der Waals surface area contributed by atoms with Gasteiger partial charge in [0.05, 0.1) is 0 Å².